The van der Waals surface area contributed by atoms with Crippen LogP contribution in [0.3, 0.4) is 0 Å². The van der Waals surface area contributed by atoms with Crippen LogP contribution in [0, 0.1) is 11.6 Å². The fraction of sp³-hybridized carbons (Fsp3) is 0.263. The number of aliphatic hydroxyl groups is 1. The fourth-order valence-electron chi connectivity index (χ4n) is 3.47. The lowest BCUT2D eigenvalue weighted by molar-refractivity contribution is -0.123. The minimum Gasteiger partial charge on any atom is -0.417 e. The molecule has 4 rings (SSSR count). The molecule has 174 valence electrons. The number of amides is 1. The smallest absolute Gasteiger partial charge is 0.388 e. The third-order valence-corrected chi connectivity index (χ3v) is 5.29. The van der Waals surface area contributed by atoms with Crippen LogP contribution in [0.15, 0.2) is 24.3 Å². The van der Waals surface area contributed by atoms with E-state index >= 15 is 0 Å². The van der Waals surface area contributed by atoms with Gasteiger partial charge in [0.2, 0.25) is 11.8 Å². The molecule has 1 aromatic carbocycles. The molecule has 1 aliphatic rings. The third-order valence-electron chi connectivity index (χ3n) is 5.29. The van der Waals surface area contributed by atoms with Crippen LogP contribution in [0.25, 0.3) is 11.5 Å². The predicted molar refractivity (Wildman–Crippen MR) is 106 cm³/mol. The predicted octanol–water partition coefficient (Wildman–Crippen LogP) is 1.34. The van der Waals surface area contributed by atoms with Crippen molar-refractivity contribution in [2.45, 2.75) is 31.7 Å². The molecule has 33 heavy (non-hydrogen) atoms. The first-order chi connectivity index (χ1) is 15.5. The van der Waals surface area contributed by atoms with Gasteiger partial charge in [-0.25, -0.2) is 23.4 Å². The number of aliphatic hydroxyl groups excluding tert-OH is 1. The molecule has 0 radical (unpaired) electrons. The summed E-state index contributed by atoms with van der Waals surface area (Å²) in [7, 11) is 0. The lowest BCUT2D eigenvalue weighted by atomic mass is 9.83. The van der Waals surface area contributed by atoms with E-state index in [9.17, 15) is 27.5 Å². The second kappa shape index (κ2) is 7.97. The number of nitrogen functional groups attached to an aromatic ring is 1. The van der Waals surface area contributed by atoms with Gasteiger partial charge in [-0.05, 0) is 13.0 Å². The lowest BCUT2D eigenvalue weighted by Gasteiger charge is -2.25. The van der Waals surface area contributed by atoms with Gasteiger partial charge in [-0.1, -0.05) is 12.1 Å². The number of nitrogens with zero attached hydrogens (tertiary/aromatic N) is 4. The first-order valence-corrected chi connectivity index (χ1v) is 9.41. The zero-order chi connectivity index (χ0) is 24.1. The average Bonchev–Trinajstić information content (AvgIpc) is 3.24. The summed E-state index contributed by atoms with van der Waals surface area (Å²) in [6, 6.07) is 4.47. The van der Waals surface area contributed by atoms with Crippen molar-refractivity contribution < 1.29 is 32.2 Å². The molecule has 0 aliphatic carbocycles. The van der Waals surface area contributed by atoms with Crippen molar-refractivity contribution in [2.75, 3.05) is 11.1 Å². The summed E-state index contributed by atoms with van der Waals surface area (Å²) in [5.41, 5.74) is 9.71. The van der Waals surface area contributed by atoms with E-state index in [1.165, 1.54) is 19.1 Å². The largest absolute Gasteiger partial charge is 0.417 e. The maximum absolute atomic E-state index is 14.1. The summed E-state index contributed by atoms with van der Waals surface area (Å²) in [6.45, 7) is -2.32. The molecule has 0 saturated carbocycles. The number of aromatic nitrogens is 4. The Bertz CT molecular complexity index is 1250. The number of rotatable bonds is 6. The second-order valence-electron chi connectivity index (χ2n) is 7.37. The van der Waals surface area contributed by atoms with Gasteiger partial charge < -0.3 is 26.6 Å². The van der Waals surface area contributed by atoms with Crippen molar-refractivity contribution >= 4 is 17.5 Å². The van der Waals surface area contributed by atoms with E-state index in [1.807, 2.05) is 0 Å². The lowest BCUT2D eigenvalue weighted by Crippen LogP contribution is -2.48. The molecule has 0 saturated heterocycles. The highest BCUT2D eigenvalue weighted by Crippen LogP contribution is 2.41. The van der Waals surface area contributed by atoms with Crippen LogP contribution in [-0.2, 0) is 16.8 Å². The number of nitrogens with two attached hydrogens (primary N) is 2. The number of ether oxygens (including phenoxy) is 1. The first kappa shape index (κ1) is 22.4. The van der Waals surface area contributed by atoms with Gasteiger partial charge in [0.15, 0.2) is 17.5 Å². The molecule has 0 spiro atoms. The molecule has 2 unspecified atom stereocenters. The molecule has 0 bridgehead atoms. The summed E-state index contributed by atoms with van der Waals surface area (Å²) in [5.74, 6) is -3.86. The van der Waals surface area contributed by atoms with Gasteiger partial charge in [-0.15, -0.1) is 0 Å². The molecule has 3 heterocycles. The van der Waals surface area contributed by atoms with Crippen LogP contribution in [0.4, 0.5) is 29.2 Å². The van der Waals surface area contributed by atoms with E-state index in [0.717, 1.165) is 16.8 Å². The van der Waals surface area contributed by atoms with E-state index < -0.39 is 48.2 Å². The minimum atomic E-state index is -3.23. The molecule has 6 N–H and O–H groups in total. The van der Waals surface area contributed by atoms with Crippen molar-refractivity contribution in [1.82, 2.24) is 19.7 Å². The topological polar surface area (TPSA) is 154 Å². The van der Waals surface area contributed by atoms with Gasteiger partial charge in [0.25, 0.3) is 0 Å². The average molecular weight is 467 g/mol. The van der Waals surface area contributed by atoms with Crippen LogP contribution in [0.1, 0.15) is 18.1 Å². The Morgan fingerprint density at radius 3 is 2.70 bits per heavy atom. The minimum absolute atomic E-state index is 0.0449. The van der Waals surface area contributed by atoms with E-state index in [1.54, 1.807) is 0 Å². The Kier molecular flexibility index (Phi) is 5.41. The van der Waals surface area contributed by atoms with Gasteiger partial charge in [0, 0.05) is 11.6 Å². The normalized spacial score (nSPS) is 18.4. The van der Waals surface area contributed by atoms with Crippen molar-refractivity contribution in [2.24, 2.45) is 5.73 Å². The molecule has 2 atom stereocenters. The molecule has 1 aliphatic heterocycles. The number of benzene rings is 1. The number of carbonyl (C=O) groups excluding carboxylic acids is 1. The Morgan fingerprint density at radius 2 is 2.03 bits per heavy atom. The second-order valence-corrected chi connectivity index (χ2v) is 7.37. The van der Waals surface area contributed by atoms with Crippen LogP contribution in [0.5, 0.6) is 5.88 Å². The highest BCUT2D eigenvalue weighted by molar-refractivity contribution is 6.07. The SMILES string of the molecule is CC1(C(N)O)C(=O)Nc2nc(-c3cc(OC(F)F)n(Cc4cccc(F)c4F)n3)nc(N)c21. The monoisotopic (exact) mass is 467 g/mol. The molecule has 10 nitrogen and oxygen atoms in total. The van der Waals surface area contributed by atoms with Crippen LogP contribution in [-0.4, -0.2) is 43.6 Å². The maximum Gasteiger partial charge on any atom is 0.388 e. The van der Waals surface area contributed by atoms with E-state index in [4.69, 9.17) is 11.5 Å². The number of carbonyl (C=O) groups is 1. The Balaban J connectivity index is 1.78. The maximum atomic E-state index is 14.1. The molecule has 14 heteroatoms. The molecule has 2 aromatic heterocycles. The number of alkyl halides is 2. The summed E-state index contributed by atoms with van der Waals surface area (Å²) in [4.78, 5) is 20.6. The Morgan fingerprint density at radius 1 is 1.30 bits per heavy atom. The number of anilines is 2. The summed E-state index contributed by atoms with van der Waals surface area (Å²) < 4.78 is 58.7. The van der Waals surface area contributed by atoms with Crippen molar-refractivity contribution in [3.63, 3.8) is 0 Å². The Hall–Kier alpha value is -3.78. The van der Waals surface area contributed by atoms with Crippen molar-refractivity contribution in [1.29, 1.82) is 0 Å². The number of hydrogen-bond acceptors (Lipinski definition) is 8. The van der Waals surface area contributed by atoms with Crippen molar-refractivity contribution in [3.05, 3.63) is 47.0 Å². The van der Waals surface area contributed by atoms with E-state index in [0.29, 0.717) is 0 Å². The first-order valence-electron chi connectivity index (χ1n) is 9.41. The van der Waals surface area contributed by atoms with Gasteiger partial charge in [0.1, 0.15) is 29.0 Å². The fourth-order valence-corrected chi connectivity index (χ4v) is 3.47. The standard InChI is InChI=1S/C19H17F4N7O3/c1-19(16(25)31)11-13(24)26-14(27-15(11)28-17(19)32)9-5-10(33-18(22)23)30(29-9)6-7-3-2-4-8(20)12(7)21/h2-5,16,18,31H,6,25H2,1H3,(H3,24,26,27,28,32). The zero-order valence-corrected chi connectivity index (χ0v) is 16.9. The molecule has 0 fully saturated rings. The molecule has 1 amide bonds. The van der Waals surface area contributed by atoms with Crippen LogP contribution >= 0.6 is 0 Å². The summed E-state index contributed by atoms with van der Waals surface area (Å²) in [6.07, 6.45) is -1.61. The van der Waals surface area contributed by atoms with Crippen molar-refractivity contribution in [3.8, 4) is 17.4 Å². The molecule has 3 aromatic rings. The van der Waals surface area contributed by atoms with Crippen LogP contribution < -0.4 is 21.5 Å². The van der Waals surface area contributed by atoms with E-state index in [2.05, 4.69) is 25.1 Å². The number of fused-ring (bicyclic) bond motifs is 1. The van der Waals surface area contributed by atoms with Crippen LogP contribution in [0.2, 0.25) is 0 Å². The Labute approximate surface area is 183 Å². The number of hydrogen-bond donors (Lipinski definition) is 4. The van der Waals surface area contributed by atoms with E-state index in [-0.39, 0.29) is 34.3 Å². The number of halogens is 4. The highest BCUT2D eigenvalue weighted by Gasteiger charge is 2.50. The third kappa shape index (κ3) is 3.72. The van der Waals surface area contributed by atoms with Gasteiger partial charge >= 0.3 is 6.61 Å². The number of nitrogens with one attached hydrogen (secondary N) is 1. The summed E-state index contributed by atoms with van der Waals surface area (Å²) >= 11 is 0. The quantitative estimate of drug-likeness (QED) is 0.313. The molecular formula is C19H17F4N7O3. The van der Waals surface area contributed by atoms with Gasteiger partial charge in [-0.2, -0.15) is 13.9 Å². The van der Waals surface area contributed by atoms with Gasteiger partial charge in [0.05, 0.1) is 12.1 Å². The highest BCUT2D eigenvalue weighted by atomic mass is 19.3. The van der Waals surface area contributed by atoms with Gasteiger partial charge in [-0.3, -0.25) is 4.79 Å². The summed E-state index contributed by atoms with van der Waals surface area (Å²) in [5, 5.41) is 16.4. The molecular weight excluding hydrogens is 450 g/mol. The zero-order valence-electron chi connectivity index (χ0n) is 16.9.